The summed E-state index contributed by atoms with van der Waals surface area (Å²) >= 11 is 0. The average molecular weight is 323 g/mol. The standard InChI is InChI=1S/C21H26OSi/c1-16(2)23(15-7-10-18-9-4-6-12-21(18)23)22-20-14-13-17-8-3-5-11-19(17)20/h3-6,8-9,11-12,16,20H,7,10,13-15H2,1-2H3/t20-,23-/m0/s1. The van der Waals surface area contributed by atoms with Gasteiger partial charge < -0.3 is 4.43 Å². The number of benzene rings is 2. The van der Waals surface area contributed by atoms with Crippen LogP contribution in [0.2, 0.25) is 11.6 Å². The van der Waals surface area contributed by atoms with Gasteiger partial charge >= 0.3 is 0 Å². The number of hydrogen-bond donors (Lipinski definition) is 0. The van der Waals surface area contributed by atoms with Crippen molar-refractivity contribution in [2.24, 2.45) is 0 Å². The van der Waals surface area contributed by atoms with Gasteiger partial charge in [0, 0.05) is 0 Å². The highest BCUT2D eigenvalue weighted by atomic mass is 28.4. The maximum Gasteiger partial charge on any atom is 0.227 e. The van der Waals surface area contributed by atoms with Gasteiger partial charge in [-0.3, -0.25) is 0 Å². The number of rotatable bonds is 3. The SMILES string of the molecule is CC(C)[Si@@]1(O[C@H]2CCc3ccccc32)CCCc2ccccc21. The van der Waals surface area contributed by atoms with Crippen molar-refractivity contribution < 1.29 is 4.43 Å². The Bertz CT molecular complexity index is 708. The topological polar surface area (TPSA) is 9.23 Å². The first-order valence-electron chi connectivity index (χ1n) is 9.05. The second-order valence-corrected chi connectivity index (χ2v) is 11.6. The molecule has 0 aromatic heterocycles. The third-order valence-electron chi connectivity index (χ3n) is 5.83. The van der Waals surface area contributed by atoms with E-state index in [0.29, 0.717) is 11.6 Å². The minimum Gasteiger partial charge on any atom is -0.405 e. The van der Waals surface area contributed by atoms with Gasteiger partial charge in [0.15, 0.2) is 0 Å². The summed E-state index contributed by atoms with van der Waals surface area (Å²) in [7, 11) is -1.91. The van der Waals surface area contributed by atoms with Crippen molar-refractivity contribution in [2.45, 2.75) is 57.2 Å². The van der Waals surface area contributed by atoms with Crippen molar-refractivity contribution in [1.82, 2.24) is 0 Å². The van der Waals surface area contributed by atoms with E-state index in [1.54, 1.807) is 10.8 Å². The van der Waals surface area contributed by atoms with Crippen LogP contribution >= 0.6 is 0 Å². The highest BCUT2D eigenvalue weighted by Crippen LogP contribution is 2.41. The van der Waals surface area contributed by atoms with Gasteiger partial charge in [0.1, 0.15) is 0 Å². The molecule has 1 heterocycles. The zero-order chi connectivity index (χ0) is 15.9. The van der Waals surface area contributed by atoms with Gasteiger partial charge in [-0.1, -0.05) is 62.4 Å². The Morgan fingerprint density at radius 1 is 0.957 bits per heavy atom. The van der Waals surface area contributed by atoms with Crippen LogP contribution < -0.4 is 5.19 Å². The average Bonchev–Trinajstić information content (AvgIpc) is 2.98. The molecule has 0 fully saturated rings. The quantitative estimate of drug-likeness (QED) is 0.730. The Morgan fingerprint density at radius 3 is 2.52 bits per heavy atom. The summed E-state index contributed by atoms with van der Waals surface area (Å²) in [4.78, 5) is 0. The van der Waals surface area contributed by atoms with Crippen LogP contribution in [0, 0.1) is 0 Å². The molecule has 2 aliphatic rings. The molecule has 1 aliphatic heterocycles. The highest BCUT2D eigenvalue weighted by Gasteiger charge is 2.46. The second kappa shape index (κ2) is 5.92. The summed E-state index contributed by atoms with van der Waals surface area (Å²) in [6.07, 6.45) is 5.15. The molecule has 2 aromatic carbocycles. The zero-order valence-electron chi connectivity index (χ0n) is 14.2. The first-order chi connectivity index (χ1) is 11.2. The van der Waals surface area contributed by atoms with Crippen LogP contribution in [-0.4, -0.2) is 8.32 Å². The van der Waals surface area contributed by atoms with Crippen LogP contribution in [0.15, 0.2) is 48.5 Å². The maximum atomic E-state index is 7.09. The van der Waals surface area contributed by atoms with E-state index in [4.69, 9.17) is 4.43 Å². The predicted octanol–water partition coefficient (Wildman–Crippen LogP) is 4.90. The lowest BCUT2D eigenvalue weighted by Gasteiger charge is -2.42. The molecule has 2 heteroatoms. The first-order valence-corrected chi connectivity index (χ1v) is 11.2. The van der Waals surface area contributed by atoms with Gasteiger partial charge in [0.25, 0.3) is 0 Å². The fraction of sp³-hybridized carbons (Fsp3) is 0.429. The molecule has 0 spiro atoms. The predicted molar refractivity (Wildman–Crippen MR) is 98.6 cm³/mol. The molecule has 0 bridgehead atoms. The van der Waals surface area contributed by atoms with Gasteiger partial charge in [0.2, 0.25) is 8.32 Å². The van der Waals surface area contributed by atoms with Crippen LogP contribution in [0.4, 0.5) is 0 Å². The number of aryl methyl sites for hydroxylation is 2. The molecule has 2 atom stereocenters. The molecule has 4 rings (SSSR count). The third-order valence-corrected chi connectivity index (χ3v) is 10.9. The lowest BCUT2D eigenvalue weighted by atomic mass is 10.1. The monoisotopic (exact) mass is 322 g/mol. The van der Waals surface area contributed by atoms with Crippen molar-refractivity contribution in [3.8, 4) is 0 Å². The zero-order valence-corrected chi connectivity index (χ0v) is 15.2. The Labute approximate surface area is 140 Å². The Morgan fingerprint density at radius 2 is 1.70 bits per heavy atom. The number of fused-ring (bicyclic) bond motifs is 2. The minimum absolute atomic E-state index is 0.312. The van der Waals surface area contributed by atoms with Crippen molar-refractivity contribution in [1.29, 1.82) is 0 Å². The van der Waals surface area contributed by atoms with E-state index in [0.717, 1.165) is 6.42 Å². The van der Waals surface area contributed by atoms with Crippen LogP contribution in [0.5, 0.6) is 0 Å². The van der Waals surface area contributed by atoms with E-state index in [1.165, 1.54) is 36.4 Å². The molecule has 0 saturated heterocycles. The molecule has 0 saturated carbocycles. The van der Waals surface area contributed by atoms with Crippen molar-refractivity contribution in [3.05, 3.63) is 65.2 Å². The molecule has 120 valence electrons. The lowest BCUT2D eigenvalue weighted by molar-refractivity contribution is 0.191. The van der Waals surface area contributed by atoms with E-state index in [2.05, 4.69) is 62.4 Å². The lowest BCUT2D eigenvalue weighted by Crippen LogP contribution is -2.57. The van der Waals surface area contributed by atoms with Crippen LogP contribution in [0.1, 0.15) is 49.5 Å². The van der Waals surface area contributed by atoms with Crippen LogP contribution in [-0.2, 0) is 17.3 Å². The fourth-order valence-corrected chi connectivity index (χ4v) is 9.15. The maximum absolute atomic E-state index is 7.09. The van der Waals surface area contributed by atoms with E-state index < -0.39 is 8.32 Å². The van der Waals surface area contributed by atoms with Gasteiger partial charge in [-0.2, -0.15) is 0 Å². The highest BCUT2D eigenvalue weighted by molar-refractivity contribution is 6.88. The molecule has 0 N–H and O–H groups in total. The molecular formula is C21H26OSi. The van der Waals surface area contributed by atoms with Crippen molar-refractivity contribution >= 4 is 13.5 Å². The van der Waals surface area contributed by atoms with E-state index in [9.17, 15) is 0 Å². The normalized spacial score (nSPS) is 26.1. The summed E-state index contributed by atoms with van der Waals surface area (Å²) < 4.78 is 7.09. The molecular weight excluding hydrogens is 296 g/mol. The van der Waals surface area contributed by atoms with E-state index >= 15 is 0 Å². The summed E-state index contributed by atoms with van der Waals surface area (Å²) in [6, 6.07) is 19.2. The van der Waals surface area contributed by atoms with Gasteiger partial charge in [-0.05, 0) is 59.1 Å². The van der Waals surface area contributed by atoms with E-state index in [-0.39, 0.29) is 0 Å². The summed E-state index contributed by atoms with van der Waals surface area (Å²) in [5.41, 5.74) is 5.11. The van der Waals surface area contributed by atoms with Gasteiger partial charge in [-0.25, -0.2) is 0 Å². The summed E-state index contributed by atoms with van der Waals surface area (Å²) in [6.45, 7) is 4.77. The van der Waals surface area contributed by atoms with Crippen molar-refractivity contribution in [3.63, 3.8) is 0 Å². The largest absolute Gasteiger partial charge is 0.405 e. The Balaban J connectivity index is 1.74. The molecule has 2 aromatic rings. The molecule has 0 amide bonds. The van der Waals surface area contributed by atoms with Gasteiger partial charge in [0.05, 0.1) is 6.10 Å². The second-order valence-electron chi connectivity index (χ2n) is 7.40. The molecule has 0 unspecified atom stereocenters. The molecule has 1 aliphatic carbocycles. The number of hydrogen-bond acceptors (Lipinski definition) is 1. The van der Waals surface area contributed by atoms with Gasteiger partial charge in [-0.15, -0.1) is 0 Å². The molecule has 1 nitrogen and oxygen atoms in total. The van der Waals surface area contributed by atoms with Crippen LogP contribution in [0.25, 0.3) is 0 Å². The Hall–Kier alpha value is -1.38. The fourth-order valence-electron chi connectivity index (χ4n) is 4.58. The first kappa shape index (κ1) is 15.2. The van der Waals surface area contributed by atoms with E-state index in [1.807, 2.05) is 0 Å². The third kappa shape index (κ3) is 2.49. The Kier molecular flexibility index (Phi) is 3.90. The molecule has 0 radical (unpaired) electrons. The van der Waals surface area contributed by atoms with Crippen LogP contribution in [0.3, 0.4) is 0 Å². The molecule has 23 heavy (non-hydrogen) atoms. The van der Waals surface area contributed by atoms with Crippen molar-refractivity contribution in [2.75, 3.05) is 0 Å². The summed E-state index contributed by atoms with van der Waals surface area (Å²) in [5, 5.41) is 1.57. The minimum atomic E-state index is -1.91. The smallest absolute Gasteiger partial charge is 0.227 e. The summed E-state index contributed by atoms with van der Waals surface area (Å²) in [5.74, 6) is 0.